The van der Waals surface area contributed by atoms with Crippen molar-refractivity contribution in [3.63, 3.8) is 0 Å². The Hall–Kier alpha value is -0.500. The van der Waals surface area contributed by atoms with E-state index < -0.39 is 10.3 Å². The Labute approximate surface area is 74.4 Å². The van der Waals surface area contributed by atoms with Crippen LogP contribution in [0.3, 0.4) is 0 Å². The topological polar surface area (TPSA) is 82.3 Å². The number of thiazole rings is 1. The van der Waals surface area contributed by atoms with Crippen LogP contribution >= 0.6 is 11.3 Å². The molecule has 0 fully saturated rings. The number of aryl methyl sites for hydroxylation is 1. The van der Waals surface area contributed by atoms with Gasteiger partial charge in [0, 0.05) is 6.20 Å². The quantitative estimate of drug-likeness (QED) is 0.767. The molecule has 0 aliphatic rings. The molecule has 0 atom stereocenters. The molecule has 0 aromatic carbocycles. The van der Waals surface area contributed by atoms with Gasteiger partial charge in [-0.1, -0.05) is 0 Å². The maximum absolute atomic E-state index is 10.4. The van der Waals surface area contributed by atoms with Gasteiger partial charge in [-0.3, -0.25) is 4.18 Å². The molecule has 1 heterocycles. The molecule has 0 spiro atoms. The van der Waals surface area contributed by atoms with Gasteiger partial charge in [0.1, 0.15) is 6.61 Å². The van der Waals surface area contributed by atoms with Gasteiger partial charge < -0.3 is 0 Å². The lowest BCUT2D eigenvalue weighted by Crippen LogP contribution is -2.15. The predicted molar refractivity (Wildman–Crippen MR) is 44.7 cm³/mol. The summed E-state index contributed by atoms with van der Waals surface area (Å²) in [6.07, 6.45) is 1.56. The lowest BCUT2D eigenvalue weighted by Gasteiger charge is -1.95. The number of nitrogens with two attached hydrogens (primary N) is 1. The Morgan fingerprint density at radius 3 is 2.83 bits per heavy atom. The average Bonchev–Trinajstić information content (AvgIpc) is 2.30. The number of aromatic nitrogens is 1. The van der Waals surface area contributed by atoms with Gasteiger partial charge in [-0.15, -0.1) is 11.3 Å². The summed E-state index contributed by atoms with van der Waals surface area (Å²) in [6.45, 7) is 1.79. The molecule has 0 bridgehead atoms. The first-order chi connectivity index (χ1) is 5.47. The largest absolute Gasteiger partial charge is 0.333 e. The molecule has 7 heteroatoms. The highest BCUT2D eigenvalue weighted by molar-refractivity contribution is 7.84. The van der Waals surface area contributed by atoms with E-state index in [9.17, 15) is 8.42 Å². The monoisotopic (exact) mass is 208 g/mol. The Balaban J connectivity index is 2.55. The van der Waals surface area contributed by atoms with Gasteiger partial charge in [-0.25, -0.2) is 10.1 Å². The van der Waals surface area contributed by atoms with Crippen molar-refractivity contribution in [1.82, 2.24) is 4.98 Å². The molecule has 0 unspecified atom stereocenters. The van der Waals surface area contributed by atoms with Crippen molar-refractivity contribution in [2.45, 2.75) is 13.5 Å². The van der Waals surface area contributed by atoms with Crippen molar-refractivity contribution in [2.24, 2.45) is 5.14 Å². The van der Waals surface area contributed by atoms with Gasteiger partial charge in [0.05, 0.1) is 9.88 Å². The maximum Gasteiger partial charge on any atom is 0.333 e. The van der Waals surface area contributed by atoms with Gasteiger partial charge in [0.15, 0.2) is 0 Å². The maximum atomic E-state index is 10.4. The molecule has 0 aliphatic heterocycles. The molecule has 1 aromatic rings. The second kappa shape index (κ2) is 3.48. The first-order valence-electron chi connectivity index (χ1n) is 3.06. The minimum atomic E-state index is -3.83. The SMILES string of the molecule is Cc1ncc(COS(N)(=O)=O)s1. The zero-order chi connectivity index (χ0) is 9.19. The van der Waals surface area contributed by atoms with E-state index in [1.807, 2.05) is 6.92 Å². The standard InChI is InChI=1S/C5H8N2O3S2/c1-4-7-2-5(11-4)3-10-12(6,8)9/h2H,3H2,1H3,(H2,6,8,9). The molecular formula is C5H8N2O3S2. The highest BCUT2D eigenvalue weighted by Gasteiger charge is 2.04. The van der Waals surface area contributed by atoms with Crippen LogP contribution in [0, 0.1) is 6.92 Å². The van der Waals surface area contributed by atoms with Crippen LogP contribution in [0.2, 0.25) is 0 Å². The number of nitrogens with zero attached hydrogens (tertiary/aromatic N) is 1. The van der Waals surface area contributed by atoms with E-state index >= 15 is 0 Å². The normalized spacial score (nSPS) is 11.8. The van der Waals surface area contributed by atoms with Crippen LogP contribution in [0.15, 0.2) is 6.20 Å². The lowest BCUT2D eigenvalue weighted by atomic mass is 10.6. The first-order valence-corrected chi connectivity index (χ1v) is 5.34. The second-order valence-electron chi connectivity index (χ2n) is 2.10. The Morgan fingerprint density at radius 2 is 2.42 bits per heavy atom. The van der Waals surface area contributed by atoms with Gasteiger partial charge in [-0.2, -0.15) is 8.42 Å². The molecule has 12 heavy (non-hydrogen) atoms. The summed E-state index contributed by atoms with van der Waals surface area (Å²) in [5, 5.41) is 5.49. The molecule has 0 saturated carbocycles. The summed E-state index contributed by atoms with van der Waals surface area (Å²) in [4.78, 5) is 4.66. The molecular weight excluding hydrogens is 200 g/mol. The van der Waals surface area contributed by atoms with Crippen LogP contribution in [0.1, 0.15) is 9.88 Å². The van der Waals surface area contributed by atoms with Crippen molar-refractivity contribution in [2.75, 3.05) is 0 Å². The fraction of sp³-hybridized carbons (Fsp3) is 0.400. The Morgan fingerprint density at radius 1 is 1.75 bits per heavy atom. The van der Waals surface area contributed by atoms with Gasteiger partial charge in [-0.05, 0) is 6.92 Å². The van der Waals surface area contributed by atoms with Crippen molar-refractivity contribution < 1.29 is 12.6 Å². The summed E-state index contributed by atoms with van der Waals surface area (Å²) in [5.74, 6) is 0. The van der Waals surface area contributed by atoms with Crippen LogP contribution in [0.25, 0.3) is 0 Å². The minimum absolute atomic E-state index is 0.0374. The summed E-state index contributed by atoms with van der Waals surface area (Å²) in [6, 6.07) is 0. The molecule has 68 valence electrons. The Kier molecular flexibility index (Phi) is 2.78. The van der Waals surface area contributed by atoms with E-state index in [4.69, 9.17) is 0 Å². The fourth-order valence-electron chi connectivity index (χ4n) is 0.612. The van der Waals surface area contributed by atoms with E-state index in [1.165, 1.54) is 11.3 Å². The summed E-state index contributed by atoms with van der Waals surface area (Å²) < 4.78 is 25.1. The van der Waals surface area contributed by atoms with Gasteiger partial charge in [0.2, 0.25) is 0 Å². The predicted octanol–water partition coefficient (Wildman–Crippen LogP) is 0.172. The second-order valence-corrected chi connectivity index (χ2v) is 4.64. The average molecular weight is 208 g/mol. The van der Waals surface area contributed by atoms with Crippen molar-refractivity contribution in [3.05, 3.63) is 16.1 Å². The van der Waals surface area contributed by atoms with Gasteiger partial charge in [0.25, 0.3) is 0 Å². The fourth-order valence-corrected chi connectivity index (χ4v) is 1.69. The zero-order valence-corrected chi connectivity index (χ0v) is 7.98. The smallest absolute Gasteiger partial charge is 0.253 e. The summed E-state index contributed by atoms with van der Waals surface area (Å²) >= 11 is 1.37. The molecule has 0 aliphatic carbocycles. The molecule has 0 radical (unpaired) electrons. The molecule has 0 saturated heterocycles. The zero-order valence-electron chi connectivity index (χ0n) is 6.35. The van der Waals surface area contributed by atoms with Crippen LogP contribution in [0.5, 0.6) is 0 Å². The summed E-state index contributed by atoms with van der Waals surface area (Å²) in [5.41, 5.74) is 0. The van der Waals surface area contributed by atoms with E-state index in [0.29, 0.717) is 0 Å². The van der Waals surface area contributed by atoms with Crippen molar-refractivity contribution in [3.8, 4) is 0 Å². The van der Waals surface area contributed by atoms with Crippen LogP contribution in [0.4, 0.5) is 0 Å². The van der Waals surface area contributed by atoms with E-state index in [0.717, 1.165) is 9.88 Å². The van der Waals surface area contributed by atoms with Crippen LogP contribution < -0.4 is 5.14 Å². The van der Waals surface area contributed by atoms with Crippen molar-refractivity contribution in [1.29, 1.82) is 0 Å². The highest BCUT2D eigenvalue weighted by Crippen LogP contribution is 2.12. The van der Waals surface area contributed by atoms with E-state index in [-0.39, 0.29) is 6.61 Å². The number of hydrogen-bond acceptors (Lipinski definition) is 5. The third-order valence-electron chi connectivity index (χ3n) is 1.03. The molecule has 0 amide bonds. The van der Waals surface area contributed by atoms with Gasteiger partial charge >= 0.3 is 10.3 Å². The molecule has 2 N–H and O–H groups in total. The lowest BCUT2D eigenvalue weighted by molar-refractivity contribution is 0.311. The highest BCUT2D eigenvalue weighted by atomic mass is 32.2. The third kappa shape index (κ3) is 3.26. The molecule has 5 nitrogen and oxygen atoms in total. The minimum Gasteiger partial charge on any atom is -0.253 e. The summed E-state index contributed by atoms with van der Waals surface area (Å²) in [7, 11) is -3.83. The van der Waals surface area contributed by atoms with Crippen LogP contribution in [-0.4, -0.2) is 13.4 Å². The third-order valence-corrected chi connectivity index (χ3v) is 2.37. The van der Waals surface area contributed by atoms with Crippen molar-refractivity contribution >= 4 is 21.6 Å². The van der Waals surface area contributed by atoms with E-state index in [1.54, 1.807) is 6.20 Å². The molecule has 1 aromatic heterocycles. The molecule has 1 rings (SSSR count). The van der Waals surface area contributed by atoms with E-state index in [2.05, 4.69) is 14.3 Å². The first kappa shape index (κ1) is 9.59. The number of hydrogen-bond donors (Lipinski definition) is 1. The Bertz CT molecular complexity index is 357. The number of rotatable bonds is 3. The van der Waals surface area contributed by atoms with Crippen LogP contribution in [-0.2, 0) is 21.1 Å².